The van der Waals surface area contributed by atoms with E-state index in [1.807, 2.05) is 6.08 Å². The van der Waals surface area contributed by atoms with Crippen molar-refractivity contribution in [3.8, 4) is 5.69 Å². The summed E-state index contributed by atoms with van der Waals surface area (Å²) in [4.78, 5) is 18.6. The Morgan fingerprint density at radius 2 is 1.63 bits per heavy atom. The number of benzene rings is 2. The number of sulfonamides is 1. The molecule has 0 bridgehead atoms. The summed E-state index contributed by atoms with van der Waals surface area (Å²) >= 11 is 0. The Kier molecular flexibility index (Phi) is 7.29. The minimum Gasteiger partial charge on any atom is -0.390 e. The number of carbonyl (C=O) groups is 1. The Balaban J connectivity index is 1.33. The zero-order valence-electron chi connectivity index (χ0n) is 24.9. The molecule has 238 valence electrons. The van der Waals surface area contributed by atoms with Crippen molar-refractivity contribution < 1.29 is 31.5 Å². The number of aliphatic hydroxyl groups is 1. The third kappa shape index (κ3) is 5.18. The molecule has 0 saturated heterocycles. The van der Waals surface area contributed by atoms with E-state index < -0.39 is 50.5 Å². The molecule has 12 heteroatoms. The predicted octanol–water partition coefficient (Wildman–Crippen LogP) is 5.65. The third-order valence-corrected chi connectivity index (χ3v) is 11.6. The SMILES string of the molecule is CC1(O)CC(N([C@H]2CCC3=Cc4c(cnn4-c4ccc(F)cc4)C[C@]3(C(=O)c3cc(F)ccn3)C2)S(=O)(=O)c2ccc(F)cc2)C1. The minimum absolute atomic E-state index is 0.0690. The average molecular weight is 649 g/mol. The van der Waals surface area contributed by atoms with Gasteiger partial charge in [0.15, 0.2) is 5.78 Å². The van der Waals surface area contributed by atoms with E-state index in [1.165, 1.54) is 34.8 Å². The van der Waals surface area contributed by atoms with Crippen molar-refractivity contribution in [2.75, 3.05) is 0 Å². The first kappa shape index (κ1) is 30.5. The number of hydrogen-bond acceptors (Lipinski definition) is 6. The van der Waals surface area contributed by atoms with Crippen molar-refractivity contribution in [2.45, 2.75) is 68.0 Å². The van der Waals surface area contributed by atoms with Gasteiger partial charge in [0, 0.05) is 24.3 Å². The molecule has 8 nitrogen and oxygen atoms in total. The maximum Gasteiger partial charge on any atom is 0.243 e. The Hall–Kier alpha value is -4.13. The van der Waals surface area contributed by atoms with Crippen LogP contribution in [0.25, 0.3) is 11.8 Å². The number of fused-ring (bicyclic) bond motifs is 2. The Morgan fingerprint density at radius 1 is 0.957 bits per heavy atom. The fraction of sp³-hybridized carbons (Fsp3) is 0.324. The molecule has 2 heterocycles. The van der Waals surface area contributed by atoms with E-state index in [-0.39, 0.29) is 42.1 Å². The topological polar surface area (TPSA) is 105 Å². The zero-order chi connectivity index (χ0) is 32.4. The Bertz CT molecular complexity index is 1970. The molecule has 46 heavy (non-hydrogen) atoms. The molecule has 0 spiro atoms. The summed E-state index contributed by atoms with van der Waals surface area (Å²) in [5.74, 6) is -2.01. The number of rotatable bonds is 7. The summed E-state index contributed by atoms with van der Waals surface area (Å²) in [7, 11) is -4.18. The second-order valence-electron chi connectivity index (χ2n) is 12.8. The van der Waals surface area contributed by atoms with Gasteiger partial charge in [0.1, 0.15) is 23.1 Å². The van der Waals surface area contributed by atoms with Gasteiger partial charge >= 0.3 is 0 Å². The highest BCUT2D eigenvalue weighted by Gasteiger charge is 2.55. The number of pyridine rings is 1. The van der Waals surface area contributed by atoms with E-state index >= 15 is 0 Å². The van der Waals surface area contributed by atoms with Gasteiger partial charge in [0.2, 0.25) is 10.0 Å². The lowest BCUT2D eigenvalue weighted by Gasteiger charge is -2.52. The van der Waals surface area contributed by atoms with Gasteiger partial charge in [0.05, 0.1) is 33.5 Å². The van der Waals surface area contributed by atoms with Gasteiger partial charge in [-0.15, -0.1) is 0 Å². The summed E-state index contributed by atoms with van der Waals surface area (Å²) in [5.41, 5.74) is 0.438. The molecule has 2 saturated carbocycles. The maximum absolute atomic E-state index is 14.5. The number of allylic oxidation sites excluding steroid dienone is 1. The minimum atomic E-state index is -4.18. The number of halogens is 3. The number of nitrogens with zero attached hydrogens (tertiary/aromatic N) is 4. The van der Waals surface area contributed by atoms with Crippen molar-refractivity contribution in [2.24, 2.45) is 5.41 Å². The number of carbonyl (C=O) groups excluding carboxylic acids is 1. The van der Waals surface area contributed by atoms with Crippen molar-refractivity contribution in [1.29, 1.82) is 0 Å². The van der Waals surface area contributed by atoms with Crippen LogP contribution in [0.4, 0.5) is 13.2 Å². The first-order valence-corrected chi connectivity index (χ1v) is 16.5. The molecule has 0 unspecified atom stereocenters. The van der Waals surface area contributed by atoms with Crippen molar-refractivity contribution in [1.82, 2.24) is 19.1 Å². The van der Waals surface area contributed by atoms with E-state index in [2.05, 4.69) is 10.1 Å². The highest BCUT2D eigenvalue weighted by molar-refractivity contribution is 7.89. The van der Waals surface area contributed by atoms with E-state index in [1.54, 1.807) is 29.9 Å². The van der Waals surface area contributed by atoms with Gasteiger partial charge in [-0.1, -0.05) is 5.57 Å². The van der Waals surface area contributed by atoms with Gasteiger partial charge < -0.3 is 5.11 Å². The summed E-state index contributed by atoms with van der Waals surface area (Å²) < 4.78 is 73.4. The quantitative estimate of drug-likeness (QED) is 0.260. The molecule has 7 rings (SSSR count). The third-order valence-electron chi connectivity index (χ3n) is 9.56. The molecule has 2 fully saturated rings. The van der Waals surface area contributed by atoms with Crippen LogP contribution in [0.2, 0.25) is 0 Å². The van der Waals surface area contributed by atoms with Crippen LogP contribution in [0.3, 0.4) is 0 Å². The van der Waals surface area contributed by atoms with Crippen molar-refractivity contribution >= 4 is 21.9 Å². The smallest absolute Gasteiger partial charge is 0.243 e. The van der Waals surface area contributed by atoms with Crippen LogP contribution < -0.4 is 0 Å². The molecule has 1 N–H and O–H groups in total. The molecule has 2 aromatic carbocycles. The summed E-state index contributed by atoms with van der Waals surface area (Å²) in [6.45, 7) is 1.65. The molecule has 2 aromatic heterocycles. The fourth-order valence-electron chi connectivity index (χ4n) is 7.42. The van der Waals surface area contributed by atoms with Gasteiger partial charge in [0.25, 0.3) is 0 Å². The monoisotopic (exact) mass is 648 g/mol. The Morgan fingerprint density at radius 3 is 2.28 bits per heavy atom. The lowest BCUT2D eigenvalue weighted by atomic mass is 9.60. The van der Waals surface area contributed by atoms with Crippen LogP contribution in [0.5, 0.6) is 0 Å². The average Bonchev–Trinajstić information content (AvgIpc) is 3.41. The molecule has 2 atom stereocenters. The second-order valence-corrected chi connectivity index (χ2v) is 14.6. The van der Waals surface area contributed by atoms with Gasteiger partial charge in [-0.05, 0) is 112 Å². The lowest BCUT2D eigenvalue weighted by molar-refractivity contribution is -0.0689. The first-order chi connectivity index (χ1) is 21.9. The van der Waals surface area contributed by atoms with Crippen LogP contribution in [0.15, 0.2) is 83.5 Å². The molecule has 0 amide bonds. The van der Waals surface area contributed by atoms with Crippen molar-refractivity contribution in [3.05, 3.63) is 113 Å². The van der Waals surface area contributed by atoms with E-state index in [0.717, 1.165) is 41.1 Å². The van der Waals surface area contributed by atoms with Gasteiger partial charge in [-0.2, -0.15) is 9.40 Å². The highest BCUT2D eigenvalue weighted by Crippen LogP contribution is 2.53. The molecule has 4 aromatic rings. The maximum atomic E-state index is 14.5. The molecule has 3 aliphatic carbocycles. The molecular weight excluding hydrogens is 617 g/mol. The number of Topliss-reactive ketones (excluding diaryl/α,β-unsaturated/α-hetero) is 1. The molecule has 0 aliphatic heterocycles. The predicted molar refractivity (Wildman–Crippen MR) is 163 cm³/mol. The Labute approximate surface area is 264 Å². The van der Waals surface area contributed by atoms with Crippen molar-refractivity contribution in [3.63, 3.8) is 0 Å². The molecule has 0 radical (unpaired) electrons. The van der Waals surface area contributed by atoms with Gasteiger partial charge in [-0.25, -0.2) is 26.3 Å². The second kappa shape index (κ2) is 11.0. The summed E-state index contributed by atoms with van der Waals surface area (Å²) in [6, 6.07) is 11.5. The van der Waals surface area contributed by atoms with E-state index in [0.29, 0.717) is 18.5 Å². The van der Waals surface area contributed by atoms with Crippen LogP contribution in [0, 0.1) is 22.9 Å². The lowest BCUT2D eigenvalue weighted by Crippen LogP contribution is -2.60. The first-order valence-electron chi connectivity index (χ1n) is 15.1. The van der Waals surface area contributed by atoms with E-state index in [9.17, 15) is 31.5 Å². The molecule has 3 aliphatic rings. The van der Waals surface area contributed by atoms with Crippen LogP contribution in [-0.2, 0) is 16.4 Å². The number of aromatic nitrogens is 3. The summed E-state index contributed by atoms with van der Waals surface area (Å²) in [6.07, 6.45) is 6.11. The standard InChI is InChI=1S/C34H31F3N4O4S/c1-33(43)17-28(18-33)41(46(44,45)29-10-5-24(36)6-11-29)27-7-2-22-14-31-21(20-39-40(31)26-8-3-23(35)4-9-26)16-34(22,19-27)32(42)30-15-25(37)12-13-38-30/h3-6,8-15,20,27-28,43H,2,7,16-19H2,1H3/t27-,28?,33?,34-/m0/s1. The normalized spacial score (nSPS) is 25.7. The van der Waals surface area contributed by atoms with E-state index in [4.69, 9.17) is 0 Å². The largest absolute Gasteiger partial charge is 0.390 e. The van der Waals surface area contributed by atoms with Crippen LogP contribution in [-0.4, -0.2) is 56.1 Å². The van der Waals surface area contributed by atoms with Crippen LogP contribution >= 0.6 is 0 Å². The summed E-state index contributed by atoms with van der Waals surface area (Å²) in [5, 5.41) is 15.2. The number of ketones is 1. The highest BCUT2D eigenvalue weighted by atomic mass is 32.2. The molecular formula is C34H31F3N4O4S. The fourth-order valence-corrected chi connectivity index (χ4v) is 9.25. The van der Waals surface area contributed by atoms with Crippen LogP contribution in [0.1, 0.15) is 60.8 Å². The zero-order valence-corrected chi connectivity index (χ0v) is 25.7. The number of hydrogen-bond donors (Lipinski definition) is 1. The van der Waals surface area contributed by atoms with Gasteiger partial charge in [-0.3, -0.25) is 9.78 Å².